The number of rotatable bonds is 6. The number of benzene rings is 1. The second-order valence-corrected chi connectivity index (χ2v) is 3.80. The van der Waals surface area contributed by atoms with Crippen LogP contribution in [0.1, 0.15) is 12.5 Å². The fraction of sp³-hybridized carbons (Fsp3) is 0.462. The number of nitriles is 1. The molecule has 1 unspecified atom stereocenters. The summed E-state index contributed by atoms with van der Waals surface area (Å²) in [6.07, 6.45) is -0.356. The number of hydrogen-bond acceptors (Lipinski definition) is 5. The molecule has 0 saturated heterocycles. The number of anilines is 1. The summed E-state index contributed by atoms with van der Waals surface area (Å²) >= 11 is 0. The molecule has 0 bridgehead atoms. The molecule has 0 aliphatic carbocycles. The summed E-state index contributed by atoms with van der Waals surface area (Å²) in [7, 11) is 4.74. The van der Waals surface area contributed by atoms with Crippen molar-refractivity contribution >= 4 is 5.69 Å². The molecule has 1 atom stereocenters. The Balaban J connectivity index is 2.87. The van der Waals surface area contributed by atoms with Gasteiger partial charge in [0.1, 0.15) is 5.75 Å². The van der Waals surface area contributed by atoms with Gasteiger partial charge in [0.15, 0.2) is 6.29 Å². The molecule has 0 amide bonds. The van der Waals surface area contributed by atoms with Gasteiger partial charge in [0.05, 0.1) is 30.5 Å². The molecule has 1 rings (SSSR count). The highest BCUT2D eigenvalue weighted by molar-refractivity contribution is 5.59. The smallest absolute Gasteiger partial charge is 0.176 e. The third kappa shape index (κ3) is 3.36. The van der Waals surface area contributed by atoms with E-state index in [4.69, 9.17) is 19.5 Å². The van der Waals surface area contributed by atoms with Crippen LogP contribution in [0, 0.1) is 11.3 Å². The largest absolute Gasteiger partial charge is 0.495 e. The van der Waals surface area contributed by atoms with E-state index in [0.717, 1.165) is 5.69 Å². The zero-order valence-corrected chi connectivity index (χ0v) is 11.1. The van der Waals surface area contributed by atoms with E-state index in [9.17, 15) is 0 Å². The van der Waals surface area contributed by atoms with E-state index >= 15 is 0 Å². The molecule has 0 radical (unpaired) electrons. The molecular weight excluding hydrogens is 232 g/mol. The maximum Gasteiger partial charge on any atom is 0.176 e. The monoisotopic (exact) mass is 250 g/mol. The first-order chi connectivity index (χ1) is 8.65. The summed E-state index contributed by atoms with van der Waals surface area (Å²) in [6, 6.07) is 7.23. The Morgan fingerprint density at radius 2 is 1.89 bits per heavy atom. The summed E-state index contributed by atoms with van der Waals surface area (Å²) in [5.74, 6) is 0.617. The first-order valence-electron chi connectivity index (χ1n) is 5.56. The fourth-order valence-corrected chi connectivity index (χ4v) is 1.70. The minimum absolute atomic E-state index is 0.0539. The molecule has 0 saturated carbocycles. The summed E-state index contributed by atoms with van der Waals surface area (Å²) < 4.78 is 15.6. The summed E-state index contributed by atoms with van der Waals surface area (Å²) in [4.78, 5) is 0. The second kappa shape index (κ2) is 6.84. The Morgan fingerprint density at radius 1 is 1.22 bits per heavy atom. The van der Waals surface area contributed by atoms with Crippen molar-refractivity contribution in [2.45, 2.75) is 19.3 Å². The lowest BCUT2D eigenvalue weighted by Crippen LogP contribution is -2.33. The molecule has 1 N–H and O–H groups in total. The fourth-order valence-electron chi connectivity index (χ4n) is 1.70. The van der Waals surface area contributed by atoms with Gasteiger partial charge in [-0.3, -0.25) is 0 Å². The predicted octanol–water partition coefficient (Wildman–Crippen LogP) is 1.99. The SMILES string of the molecule is COc1cc(C#N)ccc1NC(C)C(OC)OC. The van der Waals surface area contributed by atoms with Crippen LogP contribution in [0.4, 0.5) is 5.69 Å². The molecule has 1 aromatic carbocycles. The van der Waals surface area contributed by atoms with Gasteiger partial charge in [-0.2, -0.15) is 5.26 Å². The van der Waals surface area contributed by atoms with E-state index in [1.165, 1.54) is 0 Å². The van der Waals surface area contributed by atoms with Crippen molar-refractivity contribution < 1.29 is 14.2 Å². The number of ether oxygens (including phenoxy) is 3. The van der Waals surface area contributed by atoms with E-state index < -0.39 is 0 Å². The molecule has 0 aliphatic heterocycles. The lowest BCUT2D eigenvalue weighted by atomic mass is 10.2. The van der Waals surface area contributed by atoms with Crippen molar-refractivity contribution in [2.75, 3.05) is 26.6 Å². The van der Waals surface area contributed by atoms with E-state index in [0.29, 0.717) is 11.3 Å². The highest BCUT2D eigenvalue weighted by Gasteiger charge is 2.17. The average Bonchev–Trinajstić information content (AvgIpc) is 2.40. The molecule has 0 fully saturated rings. The molecule has 0 heterocycles. The lowest BCUT2D eigenvalue weighted by molar-refractivity contribution is -0.109. The first kappa shape index (κ1) is 14.3. The molecule has 98 valence electrons. The van der Waals surface area contributed by atoms with Gasteiger partial charge in [-0.25, -0.2) is 0 Å². The van der Waals surface area contributed by atoms with Gasteiger partial charge in [-0.1, -0.05) is 0 Å². The van der Waals surface area contributed by atoms with Crippen LogP contribution in [-0.2, 0) is 9.47 Å². The molecular formula is C13H18N2O3. The van der Waals surface area contributed by atoms with E-state index in [2.05, 4.69) is 11.4 Å². The van der Waals surface area contributed by atoms with Crippen molar-refractivity contribution in [3.05, 3.63) is 23.8 Å². The molecule has 5 heteroatoms. The Kier molecular flexibility index (Phi) is 5.43. The van der Waals surface area contributed by atoms with Crippen molar-refractivity contribution in [3.63, 3.8) is 0 Å². The van der Waals surface area contributed by atoms with Crippen molar-refractivity contribution in [3.8, 4) is 11.8 Å². The van der Waals surface area contributed by atoms with Crippen LogP contribution in [0.5, 0.6) is 5.75 Å². The standard InChI is InChI=1S/C13H18N2O3/c1-9(13(17-3)18-4)15-11-6-5-10(8-14)7-12(11)16-2/h5-7,9,13,15H,1-4H3. The van der Waals surface area contributed by atoms with E-state index in [1.807, 2.05) is 6.92 Å². The maximum absolute atomic E-state index is 8.83. The van der Waals surface area contributed by atoms with Gasteiger partial charge >= 0.3 is 0 Å². The van der Waals surface area contributed by atoms with Crippen LogP contribution in [0.3, 0.4) is 0 Å². The number of hydrogen-bond donors (Lipinski definition) is 1. The number of nitrogens with zero attached hydrogens (tertiary/aromatic N) is 1. The van der Waals surface area contributed by atoms with Crippen LogP contribution in [0.2, 0.25) is 0 Å². The molecule has 0 spiro atoms. The van der Waals surface area contributed by atoms with Crippen molar-refractivity contribution in [1.82, 2.24) is 0 Å². The summed E-state index contributed by atoms with van der Waals surface area (Å²) in [6.45, 7) is 1.94. The number of methoxy groups -OCH3 is 3. The predicted molar refractivity (Wildman–Crippen MR) is 68.6 cm³/mol. The quantitative estimate of drug-likeness (QED) is 0.782. The van der Waals surface area contributed by atoms with Crippen LogP contribution in [-0.4, -0.2) is 33.7 Å². The van der Waals surface area contributed by atoms with E-state index in [-0.39, 0.29) is 12.3 Å². The molecule has 0 aromatic heterocycles. The highest BCUT2D eigenvalue weighted by atomic mass is 16.7. The molecule has 5 nitrogen and oxygen atoms in total. The van der Waals surface area contributed by atoms with Crippen LogP contribution >= 0.6 is 0 Å². The third-order valence-corrected chi connectivity index (χ3v) is 2.59. The van der Waals surface area contributed by atoms with Crippen LogP contribution in [0.25, 0.3) is 0 Å². The van der Waals surface area contributed by atoms with Gasteiger partial charge in [-0.15, -0.1) is 0 Å². The normalized spacial score (nSPS) is 12.0. The van der Waals surface area contributed by atoms with Gasteiger partial charge < -0.3 is 19.5 Å². The van der Waals surface area contributed by atoms with Gasteiger partial charge in [-0.05, 0) is 19.1 Å². The Hall–Kier alpha value is -1.77. The maximum atomic E-state index is 8.83. The van der Waals surface area contributed by atoms with Crippen molar-refractivity contribution in [2.24, 2.45) is 0 Å². The molecule has 1 aromatic rings. The van der Waals surface area contributed by atoms with Gasteiger partial charge in [0.25, 0.3) is 0 Å². The zero-order valence-electron chi connectivity index (χ0n) is 11.1. The topological polar surface area (TPSA) is 63.5 Å². The van der Waals surface area contributed by atoms with Crippen LogP contribution in [0.15, 0.2) is 18.2 Å². The number of nitrogens with one attached hydrogen (secondary N) is 1. The minimum Gasteiger partial charge on any atom is -0.495 e. The summed E-state index contributed by atoms with van der Waals surface area (Å²) in [5.41, 5.74) is 1.35. The van der Waals surface area contributed by atoms with E-state index in [1.54, 1.807) is 39.5 Å². The zero-order chi connectivity index (χ0) is 13.5. The highest BCUT2D eigenvalue weighted by Crippen LogP contribution is 2.26. The first-order valence-corrected chi connectivity index (χ1v) is 5.56. The van der Waals surface area contributed by atoms with Gasteiger partial charge in [0.2, 0.25) is 0 Å². The minimum atomic E-state index is -0.356. The molecule has 18 heavy (non-hydrogen) atoms. The average molecular weight is 250 g/mol. The Morgan fingerprint density at radius 3 is 2.39 bits per heavy atom. The van der Waals surface area contributed by atoms with Gasteiger partial charge in [0, 0.05) is 20.3 Å². The third-order valence-electron chi connectivity index (χ3n) is 2.59. The van der Waals surface area contributed by atoms with Crippen molar-refractivity contribution in [1.29, 1.82) is 5.26 Å². The molecule has 0 aliphatic rings. The Bertz CT molecular complexity index is 425. The Labute approximate surface area is 107 Å². The second-order valence-electron chi connectivity index (χ2n) is 3.80. The van der Waals surface area contributed by atoms with Crippen LogP contribution < -0.4 is 10.1 Å². The lowest BCUT2D eigenvalue weighted by Gasteiger charge is -2.24. The summed E-state index contributed by atoms with van der Waals surface area (Å²) in [5, 5.41) is 12.1.